The van der Waals surface area contributed by atoms with Gasteiger partial charge in [0.1, 0.15) is 0 Å². The van der Waals surface area contributed by atoms with E-state index in [2.05, 4.69) is 15.2 Å². The Morgan fingerprint density at radius 2 is 2.20 bits per heavy atom. The second-order valence-electron chi connectivity index (χ2n) is 5.14. The molecule has 2 rings (SSSR count). The Morgan fingerprint density at radius 1 is 1.45 bits per heavy atom. The van der Waals surface area contributed by atoms with E-state index in [4.69, 9.17) is 0 Å². The molecule has 110 valence electrons. The van der Waals surface area contributed by atoms with E-state index in [0.717, 1.165) is 31.9 Å². The first-order valence-electron chi connectivity index (χ1n) is 7.36. The monoisotopic (exact) mass is 276 g/mol. The third-order valence-corrected chi connectivity index (χ3v) is 3.83. The van der Waals surface area contributed by atoms with Gasteiger partial charge in [0.2, 0.25) is 5.91 Å². The van der Waals surface area contributed by atoms with E-state index < -0.39 is 0 Å². The standard InChI is InChI=1S/C15H24N4O/c1-3-18(12-14-6-4-5-7-17-14)15(20)13(2)19-10-8-16-9-11-19/h4-7,13,16H,3,8-12H2,1-2H3. The third-order valence-electron chi connectivity index (χ3n) is 3.83. The minimum atomic E-state index is -0.0548. The number of pyridine rings is 1. The predicted octanol–water partition coefficient (Wildman–Crippen LogP) is 0.724. The highest BCUT2D eigenvalue weighted by molar-refractivity contribution is 5.81. The highest BCUT2D eigenvalue weighted by Crippen LogP contribution is 2.08. The van der Waals surface area contributed by atoms with Crippen molar-refractivity contribution in [1.29, 1.82) is 0 Å². The number of piperazine rings is 1. The summed E-state index contributed by atoms with van der Waals surface area (Å²) in [6, 6.07) is 5.76. The van der Waals surface area contributed by atoms with Crippen LogP contribution >= 0.6 is 0 Å². The van der Waals surface area contributed by atoms with Crippen LogP contribution in [0.4, 0.5) is 0 Å². The van der Waals surface area contributed by atoms with E-state index >= 15 is 0 Å². The molecule has 1 N–H and O–H groups in total. The lowest BCUT2D eigenvalue weighted by molar-refractivity contribution is -0.137. The SMILES string of the molecule is CCN(Cc1ccccn1)C(=O)C(C)N1CCNCC1. The zero-order valence-corrected chi connectivity index (χ0v) is 12.4. The number of nitrogens with zero attached hydrogens (tertiary/aromatic N) is 3. The zero-order chi connectivity index (χ0) is 14.4. The normalized spacial score (nSPS) is 17.7. The second-order valence-corrected chi connectivity index (χ2v) is 5.14. The van der Waals surface area contributed by atoms with Crippen LogP contribution in [0.5, 0.6) is 0 Å². The second kappa shape index (κ2) is 7.36. The van der Waals surface area contributed by atoms with Crippen molar-refractivity contribution in [2.24, 2.45) is 0 Å². The van der Waals surface area contributed by atoms with E-state index in [1.165, 1.54) is 0 Å². The van der Waals surface area contributed by atoms with Gasteiger partial charge in [0, 0.05) is 38.9 Å². The van der Waals surface area contributed by atoms with Crippen LogP contribution in [-0.2, 0) is 11.3 Å². The number of aromatic nitrogens is 1. The maximum absolute atomic E-state index is 12.6. The van der Waals surface area contributed by atoms with E-state index in [1.54, 1.807) is 6.20 Å². The Labute approximate surface area is 121 Å². The lowest BCUT2D eigenvalue weighted by Crippen LogP contribution is -2.53. The maximum atomic E-state index is 12.6. The van der Waals surface area contributed by atoms with E-state index in [1.807, 2.05) is 36.9 Å². The Balaban J connectivity index is 1.97. The van der Waals surface area contributed by atoms with Gasteiger partial charge in [-0.25, -0.2) is 0 Å². The highest BCUT2D eigenvalue weighted by Gasteiger charge is 2.26. The average Bonchev–Trinajstić information content (AvgIpc) is 2.53. The molecule has 1 saturated heterocycles. The number of rotatable bonds is 5. The topological polar surface area (TPSA) is 48.5 Å². The fourth-order valence-electron chi connectivity index (χ4n) is 2.52. The van der Waals surface area contributed by atoms with Crippen LogP contribution in [0.15, 0.2) is 24.4 Å². The molecule has 1 aliphatic heterocycles. The molecule has 1 fully saturated rings. The molecule has 5 heteroatoms. The van der Waals surface area contributed by atoms with Crippen LogP contribution in [0.25, 0.3) is 0 Å². The van der Waals surface area contributed by atoms with Crippen LogP contribution in [0.3, 0.4) is 0 Å². The molecule has 0 aromatic carbocycles. The van der Waals surface area contributed by atoms with Crippen LogP contribution in [0.1, 0.15) is 19.5 Å². The van der Waals surface area contributed by atoms with Gasteiger partial charge in [-0.1, -0.05) is 6.07 Å². The quantitative estimate of drug-likeness (QED) is 0.861. The lowest BCUT2D eigenvalue weighted by atomic mass is 10.2. The van der Waals surface area contributed by atoms with Gasteiger partial charge in [-0.3, -0.25) is 14.7 Å². The van der Waals surface area contributed by atoms with Crippen LogP contribution in [-0.4, -0.2) is 59.5 Å². The molecule has 1 aromatic heterocycles. The third kappa shape index (κ3) is 3.77. The van der Waals surface area contributed by atoms with Gasteiger partial charge in [-0.05, 0) is 26.0 Å². The van der Waals surface area contributed by atoms with Gasteiger partial charge >= 0.3 is 0 Å². The predicted molar refractivity (Wildman–Crippen MR) is 79.2 cm³/mol. The smallest absolute Gasteiger partial charge is 0.239 e. The van der Waals surface area contributed by atoms with Gasteiger partial charge < -0.3 is 10.2 Å². The molecule has 0 spiro atoms. The van der Waals surface area contributed by atoms with Gasteiger partial charge in [-0.15, -0.1) is 0 Å². The van der Waals surface area contributed by atoms with Gasteiger partial charge in [0.15, 0.2) is 0 Å². The summed E-state index contributed by atoms with van der Waals surface area (Å²) in [6.07, 6.45) is 1.77. The highest BCUT2D eigenvalue weighted by atomic mass is 16.2. The lowest BCUT2D eigenvalue weighted by Gasteiger charge is -2.34. The Kier molecular flexibility index (Phi) is 5.49. The number of amides is 1. The molecule has 0 bridgehead atoms. The summed E-state index contributed by atoms with van der Waals surface area (Å²) in [5, 5.41) is 3.31. The summed E-state index contributed by atoms with van der Waals surface area (Å²) < 4.78 is 0. The van der Waals surface area contributed by atoms with Crippen LogP contribution < -0.4 is 5.32 Å². The first kappa shape index (κ1) is 14.9. The van der Waals surface area contributed by atoms with Gasteiger partial charge in [0.05, 0.1) is 18.3 Å². The molecular formula is C15H24N4O. The van der Waals surface area contributed by atoms with Crippen molar-refractivity contribution in [3.8, 4) is 0 Å². The number of hydrogen-bond acceptors (Lipinski definition) is 4. The molecule has 0 aliphatic carbocycles. The van der Waals surface area contributed by atoms with E-state index in [0.29, 0.717) is 13.1 Å². The minimum Gasteiger partial charge on any atom is -0.336 e. The summed E-state index contributed by atoms with van der Waals surface area (Å²) >= 11 is 0. The molecule has 1 amide bonds. The average molecular weight is 276 g/mol. The first-order valence-corrected chi connectivity index (χ1v) is 7.36. The molecule has 1 aromatic rings. The number of carbonyl (C=O) groups is 1. The summed E-state index contributed by atoms with van der Waals surface area (Å²) in [6.45, 7) is 9.13. The van der Waals surface area contributed by atoms with Crippen molar-refractivity contribution in [1.82, 2.24) is 20.1 Å². The summed E-state index contributed by atoms with van der Waals surface area (Å²) in [7, 11) is 0. The largest absolute Gasteiger partial charge is 0.336 e. The Bertz CT molecular complexity index is 417. The van der Waals surface area contributed by atoms with Crippen LogP contribution in [0.2, 0.25) is 0 Å². The molecule has 2 heterocycles. The van der Waals surface area contributed by atoms with Gasteiger partial charge in [-0.2, -0.15) is 0 Å². The minimum absolute atomic E-state index is 0.0548. The maximum Gasteiger partial charge on any atom is 0.239 e. The molecule has 20 heavy (non-hydrogen) atoms. The summed E-state index contributed by atoms with van der Waals surface area (Å²) in [4.78, 5) is 21.1. The van der Waals surface area contributed by atoms with Crippen LogP contribution in [0, 0.1) is 0 Å². The zero-order valence-electron chi connectivity index (χ0n) is 12.4. The molecule has 0 saturated carbocycles. The Hall–Kier alpha value is -1.46. The van der Waals surface area contributed by atoms with Crippen molar-refractivity contribution in [3.05, 3.63) is 30.1 Å². The first-order chi connectivity index (χ1) is 9.72. The van der Waals surface area contributed by atoms with Crippen molar-refractivity contribution in [3.63, 3.8) is 0 Å². The molecule has 1 aliphatic rings. The van der Waals surface area contributed by atoms with Crippen molar-refractivity contribution < 1.29 is 4.79 Å². The number of likely N-dealkylation sites (N-methyl/N-ethyl adjacent to an activating group) is 1. The van der Waals surface area contributed by atoms with Crippen molar-refractivity contribution in [2.45, 2.75) is 26.4 Å². The fourth-order valence-corrected chi connectivity index (χ4v) is 2.52. The van der Waals surface area contributed by atoms with Crippen molar-refractivity contribution in [2.75, 3.05) is 32.7 Å². The molecule has 1 atom stereocenters. The molecule has 5 nitrogen and oxygen atoms in total. The van der Waals surface area contributed by atoms with E-state index in [9.17, 15) is 4.79 Å². The van der Waals surface area contributed by atoms with E-state index in [-0.39, 0.29) is 11.9 Å². The molecule has 1 unspecified atom stereocenters. The summed E-state index contributed by atoms with van der Waals surface area (Å²) in [5.41, 5.74) is 0.940. The molecule has 0 radical (unpaired) electrons. The fraction of sp³-hybridized carbons (Fsp3) is 0.600. The summed E-state index contributed by atoms with van der Waals surface area (Å²) in [5.74, 6) is 0.194. The van der Waals surface area contributed by atoms with Crippen molar-refractivity contribution >= 4 is 5.91 Å². The Morgan fingerprint density at radius 3 is 2.80 bits per heavy atom. The number of carbonyl (C=O) groups excluding carboxylic acids is 1. The number of hydrogen-bond donors (Lipinski definition) is 1. The van der Waals surface area contributed by atoms with Gasteiger partial charge in [0.25, 0.3) is 0 Å². The molecular weight excluding hydrogens is 252 g/mol. The number of nitrogens with one attached hydrogen (secondary N) is 1.